The Morgan fingerprint density at radius 2 is 2.17 bits per heavy atom. The molecule has 1 amide bonds. The number of nitrogens with zero attached hydrogens (tertiary/aromatic N) is 2. The second kappa shape index (κ2) is 4.47. The van der Waals surface area contributed by atoms with Gasteiger partial charge in [0.05, 0.1) is 10.7 Å². The summed E-state index contributed by atoms with van der Waals surface area (Å²) in [5, 5.41) is -1.09. The van der Waals surface area contributed by atoms with Gasteiger partial charge in [-0.3, -0.25) is 9.78 Å². The van der Waals surface area contributed by atoms with Crippen molar-refractivity contribution < 1.29 is 17.1 Å². The summed E-state index contributed by atoms with van der Waals surface area (Å²) in [6.07, 6.45) is 2.50. The van der Waals surface area contributed by atoms with Crippen LogP contribution < -0.4 is 4.90 Å². The van der Waals surface area contributed by atoms with Crippen LogP contribution in [0.15, 0.2) is 12.4 Å². The van der Waals surface area contributed by atoms with E-state index in [0.29, 0.717) is 11.3 Å². The van der Waals surface area contributed by atoms with E-state index in [0.717, 1.165) is 0 Å². The van der Waals surface area contributed by atoms with Gasteiger partial charge in [-0.15, -0.1) is 3.89 Å². The van der Waals surface area contributed by atoms with Crippen LogP contribution in [0.2, 0.25) is 5.02 Å². The number of halogens is 2. The van der Waals surface area contributed by atoms with Crippen LogP contribution in [0, 0.1) is 6.92 Å². The van der Waals surface area contributed by atoms with Crippen molar-refractivity contribution >= 4 is 33.4 Å². The Hall–Kier alpha value is -1.21. The Bertz CT molecular complexity index is 585. The van der Waals surface area contributed by atoms with E-state index < -0.39 is 21.4 Å². The summed E-state index contributed by atoms with van der Waals surface area (Å²) in [5.41, 5.74) is 1.02. The van der Waals surface area contributed by atoms with E-state index >= 15 is 0 Å². The molecule has 2 heterocycles. The molecule has 1 fully saturated rings. The smallest absolute Gasteiger partial charge is 0.307 e. The summed E-state index contributed by atoms with van der Waals surface area (Å²) in [6, 6.07) is 0. The summed E-state index contributed by atoms with van der Waals surface area (Å²) < 4.78 is 34.6. The molecule has 98 valence electrons. The predicted octanol–water partition coefficient (Wildman–Crippen LogP) is 1.45. The third-order valence-electron chi connectivity index (χ3n) is 2.81. The molecule has 1 atom stereocenters. The van der Waals surface area contributed by atoms with Crippen LogP contribution in [0.3, 0.4) is 0 Å². The molecule has 1 unspecified atom stereocenters. The zero-order valence-electron chi connectivity index (χ0n) is 9.43. The van der Waals surface area contributed by atoms with E-state index in [1.807, 2.05) is 0 Å². The van der Waals surface area contributed by atoms with Crippen LogP contribution >= 0.6 is 11.6 Å². The number of carbonyl (C=O) groups excluding carboxylic acids is 1. The maximum Gasteiger partial charge on any atom is 0.307 e. The SMILES string of the molecule is Cc1cncc(Cl)c1N1CC(S(=O)(=O)F)CC1=O. The highest BCUT2D eigenvalue weighted by atomic mass is 35.5. The molecule has 8 heteroatoms. The van der Waals surface area contributed by atoms with Crippen molar-refractivity contribution in [3.05, 3.63) is 23.0 Å². The van der Waals surface area contributed by atoms with Crippen molar-refractivity contribution in [2.75, 3.05) is 11.4 Å². The molecular formula is C10H10ClFN2O3S. The van der Waals surface area contributed by atoms with Crippen molar-refractivity contribution in [2.24, 2.45) is 0 Å². The van der Waals surface area contributed by atoms with E-state index in [9.17, 15) is 17.1 Å². The Morgan fingerprint density at radius 3 is 2.67 bits per heavy atom. The number of carbonyl (C=O) groups is 1. The fourth-order valence-corrected chi connectivity index (χ4v) is 2.92. The number of anilines is 1. The van der Waals surface area contributed by atoms with Gasteiger partial charge in [0, 0.05) is 25.4 Å². The van der Waals surface area contributed by atoms with Crippen LogP contribution in [0.25, 0.3) is 0 Å². The lowest BCUT2D eigenvalue weighted by atomic mass is 10.2. The summed E-state index contributed by atoms with van der Waals surface area (Å²) >= 11 is 5.94. The highest BCUT2D eigenvalue weighted by molar-refractivity contribution is 7.87. The van der Waals surface area contributed by atoms with Gasteiger partial charge in [0.2, 0.25) is 5.91 Å². The molecule has 0 saturated carbocycles. The molecule has 18 heavy (non-hydrogen) atoms. The van der Waals surface area contributed by atoms with E-state index in [2.05, 4.69) is 4.98 Å². The van der Waals surface area contributed by atoms with Crippen LogP contribution in [0.1, 0.15) is 12.0 Å². The first kappa shape index (κ1) is 13.2. The minimum atomic E-state index is -4.72. The normalized spacial score (nSPS) is 20.5. The van der Waals surface area contributed by atoms with Gasteiger partial charge >= 0.3 is 10.2 Å². The van der Waals surface area contributed by atoms with Crippen molar-refractivity contribution in [3.63, 3.8) is 0 Å². The van der Waals surface area contributed by atoms with Gasteiger partial charge in [0.1, 0.15) is 5.25 Å². The second-order valence-corrected chi connectivity index (χ2v) is 6.12. The molecule has 0 aliphatic carbocycles. The fourth-order valence-electron chi connectivity index (χ4n) is 1.95. The third kappa shape index (κ3) is 2.32. The quantitative estimate of drug-likeness (QED) is 0.774. The first-order valence-corrected chi connectivity index (χ1v) is 6.97. The topological polar surface area (TPSA) is 67.3 Å². The Labute approximate surface area is 109 Å². The number of aryl methyl sites for hydroxylation is 1. The molecule has 0 aromatic carbocycles. The van der Waals surface area contributed by atoms with Gasteiger partial charge in [0.15, 0.2) is 0 Å². The number of amides is 1. The van der Waals surface area contributed by atoms with Gasteiger partial charge < -0.3 is 4.90 Å². The van der Waals surface area contributed by atoms with Crippen molar-refractivity contribution in [1.29, 1.82) is 0 Å². The molecule has 5 nitrogen and oxygen atoms in total. The lowest BCUT2D eigenvalue weighted by Crippen LogP contribution is -2.27. The van der Waals surface area contributed by atoms with Gasteiger partial charge in [-0.05, 0) is 12.5 Å². The molecule has 1 aromatic rings. The zero-order valence-corrected chi connectivity index (χ0v) is 11.0. The maximum absolute atomic E-state index is 12.9. The van der Waals surface area contributed by atoms with E-state index in [-0.39, 0.29) is 18.0 Å². The number of hydrogen-bond acceptors (Lipinski definition) is 4. The van der Waals surface area contributed by atoms with Crippen molar-refractivity contribution in [3.8, 4) is 0 Å². The highest BCUT2D eigenvalue weighted by Gasteiger charge is 2.40. The largest absolute Gasteiger partial charge is 0.309 e. The minimum absolute atomic E-state index is 0.220. The molecule has 0 radical (unpaired) electrons. The first-order chi connectivity index (χ1) is 8.30. The van der Waals surface area contributed by atoms with Crippen LogP contribution in [0.4, 0.5) is 9.57 Å². The second-order valence-electron chi connectivity index (χ2n) is 4.09. The standard InChI is InChI=1S/C10H10ClFN2O3S/c1-6-3-13-4-8(11)10(6)14-5-7(2-9(14)15)18(12,16)17/h3-4,7H,2,5H2,1H3. The third-order valence-corrected chi connectivity index (χ3v) is 4.20. The van der Waals surface area contributed by atoms with Gasteiger partial charge in [0.25, 0.3) is 0 Å². The summed E-state index contributed by atoms with van der Waals surface area (Å²) in [4.78, 5) is 16.8. The molecule has 1 aliphatic heterocycles. The Morgan fingerprint density at radius 1 is 1.50 bits per heavy atom. The molecular weight excluding hydrogens is 283 g/mol. The number of aromatic nitrogens is 1. The number of hydrogen-bond donors (Lipinski definition) is 0. The monoisotopic (exact) mass is 292 g/mol. The fraction of sp³-hybridized carbons (Fsp3) is 0.400. The van der Waals surface area contributed by atoms with Crippen molar-refractivity contribution in [2.45, 2.75) is 18.6 Å². The summed E-state index contributed by atoms with van der Waals surface area (Å²) in [7, 11) is -4.72. The summed E-state index contributed by atoms with van der Waals surface area (Å²) in [6.45, 7) is 1.47. The first-order valence-electron chi connectivity index (χ1n) is 5.14. The van der Waals surface area contributed by atoms with E-state index in [1.165, 1.54) is 17.3 Å². The molecule has 2 rings (SSSR count). The molecule has 1 aromatic heterocycles. The van der Waals surface area contributed by atoms with Gasteiger partial charge in [-0.1, -0.05) is 11.6 Å². The van der Waals surface area contributed by atoms with Gasteiger partial charge in [-0.25, -0.2) is 0 Å². The molecule has 0 bridgehead atoms. The molecule has 0 N–H and O–H groups in total. The average molecular weight is 293 g/mol. The number of pyridine rings is 1. The molecule has 1 aliphatic rings. The maximum atomic E-state index is 12.9. The van der Waals surface area contributed by atoms with Gasteiger partial charge in [-0.2, -0.15) is 8.42 Å². The van der Waals surface area contributed by atoms with E-state index in [4.69, 9.17) is 11.6 Å². The van der Waals surface area contributed by atoms with Crippen LogP contribution in [-0.2, 0) is 15.0 Å². The lowest BCUT2D eigenvalue weighted by molar-refractivity contribution is -0.117. The Balaban J connectivity index is 2.39. The average Bonchev–Trinajstić information content (AvgIpc) is 2.60. The minimum Gasteiger partial charge on any atom is -0.309 e. The number of rotatable bonds is 2. The zero-order chi connectivity index (χ0) is 13.5. The van der Waals surface area contributed by atoms with Crippen molar-refractivity contribution in [1.82, 2.24) is 4.98 Å². The highest BCUT2D eigenvalue weighted by Crippen LogP contribution is 2.33. The van der Waals surface area contributed by atoms with Crippen LogP contribution in [-0.4, -0.2) is 31.1 Å². The summed E-state index contributed by atoms with van der Waals surface area (Å²) in [5.74, 6) is -0.461. The molecule has 1 saturated heterocycles. The van der Waals surface area contributed by atoms with E-state index in [1.54, 1.807) is 6.92 Å². The van der Waals surface area contributed by atoms with Crippen LogP contribution in [0.5, 0.6) is 0 Å². The lowest BCUT2D eigenvalue weighted by Gasteiger charge is -2.19. The Kier molecular flexibility index (Phi) is 3.29. The predicted molar refractivity (Wildman–Crippen MR) is 64.8 cm³/mol. The molecule has 0 spiro atoms.